The first kappa shape index (κ1) is 15.8. The van der Waals surface area contributed by atoms with E-state index in [2.05, 4.69) is 28.6 Å². The van der Waals surface area contributed by atoms with Crippen molar-refractivity contribution in [3.63, 3.8) is 0 Å². The van der Waals surface area contributed by atoms with Crippen molar-refractivity contribution in [2.24, 2.45) is 0 Å². The van der Waals surface area contributed by atoms with Crippen LogP contribution in [0.4, 0.5) is 0 Å². The average Bonchev–Trinajstić information content (AvgIpc) is 2.77. The van der Waals surface area contributed by atoms with Gasteiger partial charge in [0, 0.05) is 25.3 Å². The van der Waals surface area contributed by atoms with Crippen LogP contribution in [0.3, 0.4) is 0 Å². The van der Waals surface area contributed by atoms with E-state index in [1.54, 1.807) is 0 Å². The van der Waals surface area contributed by atoms with Gasteiger partial charge in [-0.3, -0.25) is 4.79 Å². The smallest absolute Gasteiger partial charge is 0.305 e. The van der Waals surface area contributed by atoms with Gasteiger partial charge in [0.15, 0.2) is 0 Å². The van der Waals surface area contributed by atoms with Gasteiger partial charge >= 0.3 is 5.97 Å². The molecule has 1 aromatic carbocycles. The first-order valence-corrected chi connectivity index (χ1v) is 7.86. The van der Waals surface area contributed by atoms with Crippen molar-refractivity contribution in [2.45, 2.75) is 39.7 Å². The standard InChI is InChI=1S/C16H21ClN2O2/c1-3-21-16(20)5-4-10-19-14-11-12(2)6-7-13(14)18-15(19)8-9-17/h6-7,11H,3-5,8-10H2,1-2H3. The fourth-order valence-electron chi connectivity index (χ4n) is 2.42. The summed E-state index contributed by atoms with van der Waals surface area (Å²) in [5, 5.41) is 0. The number of aromatic nitrogens is 2. The third-order valence-electron chi connectivity index (χ3n) is 3.37. The van der Waals surface area contributed by atoms with E-state index >= 15 is 0 Å². The number of aryl methyl sites for hydroxylation is 3. The Kier molecular flexibility index (Phi) is 5.62. The minimum atomic E-state index is -0.142. The first-order chi connectivity index (χ1) is 10.2. The summed E-state index contributed by atoms with van der Waals surface area (Å²) in [6, 6.07) is 6.22. The zero-order valence-corrected chi connectivity index (χ0v) is 13.3. The number of halogens is 1. The highest BCUT2D eigenvalue weighted by Crippen LogP contribution is 2.19. The van der Waals surface area contributed by atoms with Crippen LogP contribution in [0.2, 0.25) is 0 Å². The van der Waals surface area contributed by atoms with Crippen molar-refractivity contribution in [2.75, 3.05) is 12.5 Å². The fraction of sp³-hybridized carbons (Fsp3) is 0.500. The molecule has 0 N–H and O–H groups in total. The molecule has 0 saturated heterocycles. The maximum Gasteiger partial charge on any atom is 0.305 e. The maximum atomic E-state index is 11.4. The molecule has 0 aliphatic heterocycles. The zero-order chi connectivity index (χ0) is 15.2. The van der Waals surface area contributed by atoms with Gasteiger partial charge in [0.2, 0.25) is 0 Å². The van der Waals surface area contributed by atoms with Gasteiger partial charge in [0.25, 0.3) is 0 Å². The number of benzene rings is 1. The number of fused-ring (bicyclic) bond motifs is 1. The predicted molar refractivity (Wildman–Crippen MR) is 84.8 cm³/mol. The van der Waals surface area contributed by atoms with E-state index in [0.717, 1.165) is 36.2 Å². The Balaban J connectivity index is 2.17. The number of carbonyl (C=O) groups is 1. The molecule has 0 fully saturated rings. The van der Waals surface area contributed by atoms with Gasteiger partial charge in [-0.2, -0.15) is 0 Å². The van der Waals surface area contributed by atoms with Crippen LogP contribution in [0.5, 0.6) is 0 Å². The molecule has 114 valence electrons. The molecule has 0 amide bonds. The summed E-state index contributed by atoms with van der Waals surface area (Å²) in [6.07, 6.45) is 1.90. The number of carbonyl (C=O) groups excluding carboxylic acids is 1. The molecular weight excluding hydrogens is 288 g/mol. The van der Waals surface area contributed by atoms with E-state index in [-0.39, 0.29) is 5.97 Å². The van der Waals surface area contributed by atoms with Crippen molar-refractivity contribution >= 4 is 28.6 Å². The Hall–Kier alpha value is -1.55. The second kappa shape index (κ2) is 7.46. The van der Waals surface area contributed by atoms with E-state index in [4.69, 9.17) is 16.3 Å². The second-order valence-electron chi connectivity index (χ2n) is 5.02. The van der Waals surface area contributed by atoms with Gasteiger partial charge in [-0.1, -0.05) is 6.07 Å². The lowest BCUT2D eigenvalue weighted by Gasteiger charge is -2.08. The molecule has 1 heterocycles. The minimum absolute atomic E-state index is 0.142. The highest BCUT2D eigenvalue weighted by molar-refractivity contribution is 6.17. The molecule has 0 spiro atoms. The highest BCUT2D eigenvalue weighted by atomic mass is 35.5. The second-order valence-corrected chi connectivity index (χ2v) is 5.40. The van der Waals surface area contributed by atoms with Crippen LogP contribution < -0.4 is 0 Å². The summed E-state index contributed by atoms with van der Waals surface area (Å²) in [5.74, 6) is 1.38. The summed E-state index contributed by atoms with van der Waals surface area (Å²) in [7, 11) is 0. The highest BCUT2D eigenvalue weighted by Gasteiger charge is 2.11. The largest absolute Gasteiger partial charge is 0.466 e. The fourth-order valence-corrected chi connectivity index (χ4v) is 2.59. The van der Waals surface area contributed by atoms with E-state index < -0.39 is 0 Å². The molecule has 0 aliphatic carbocycles. The summed E-state index contributed by atoms with van der Waals surface area (Å²) in [4.78, 5) is 16.1. The van der Waals surface area contributed by atoms with E-state index in [9.17, 15) is 4.79 Å². The summed E-state index contributed by atoms with van der Waals surface area (Å²) < 4.78 is 7.13. The van der Waals surface area contributed by atoms with Gasteiger partial charge in [0.1, 0.15) is 5.82 Å². The molecule has 5 heteroatoms. The molecule has 21 heavy (non-hydrogen) atoms. The SMILES string of the molecule is CCOC(=O)CCCn1c(CCCl)nc2ccc(C)cc21. The molecule has 0 atom stereocenters. The van der Waals surface area contributed by atoms with Crippen LogP contribution in [0.15, 0.2) is 18.2 Å². The number of rotatable bonds is 7. The number of nitrogens with zero attached hydrogens (tertiary/aromatic N) is 2. The lowest BCUT2D eigenvalue weighted by Crippen LogP contribution is -2.09. The van der Waals surface area contributed by atoms with E-state index in [1.807, 2.05) is 13.0 Å². The van der Waals surface area contributed by atoms with Crippen molar-refractivity contribution in [3.05, 3.63) is 29.6 Å². The number of ether oxygens (including phenoxy) is 1. The lowest BCUT2D eigenvalue weighted by atomic mass is 10.2. The summed E-state index contributed by atoms with van der Waals surface area (Å²) >= 11 is 5.87. The Morgan fingerprint density at radius 2 is 2.24 bits per heavy atom. The topological polar surface area (TPSA) is 44.1 Å². The minimum Gasteiger partial charge on any atom is -0.466 e. The van der Waals surface area contributed by atoms with Crippen molar-refractivity contribution in [1.82, 2.24) is 9.55 Å². The van der Waals surface area contributed by atoms with Crippen LogP contribution in [0.25, 0.3) is 11.0 Å². The Labute approximate surface area is 130 Å². The maximum absolute atomic E-state index is 11.4. The van der Waals surface area contributed by atoms with E-state index in [0.29, 0.717) is 18.9 Å². The predicted octanol–water partition coefficient (Wildman–Crippen LogP) is 3.47. The number of imidazole rings is 1. The zero-order valence-electron chi connectivity index (χ0n) is 12.6. The van der Waals surface area contributed by atoms with Crippen molar-refractivity contribution < 1.29 is 9.53 Å². The number of hydrogen-bond donors (Lipinski definition) is 0. The molecule has 0 radical (unpaired) electrons. The van der Waals surface area contributed by atoms with Gasteiger partial charge in [-0.15, -0.1) is 11.6 Å². The van der Waals surface area contributed by atoms with Gasteiger partial charge in [-0.05, 0) is 38.0 Å². The van der Waals surface area contributed by atoms with Crippen molar-refractivity contribution in [3.8, 4) is 0 Å². The number of hydrogen-bond acceptors (Lipinski definition) is 3. The third-order valence-corrected chi connectivity index (χ3v) is 3.56. The monoisotopic (exact) mass is 308 g/mol. The van der Waals surface area contributed by atoms with Gasteiger partial charge in [0.05, 0.1) is 17.6 Å². The van der Waals surface area contributed by atoms with Crippen LogP contribution in [-0.2, 0) is 22.5 Å². The van der Waals surface area contributed by atoms with Gasteiger partial charge in [-0.25, -0.2) is 4.98 Å². The summed E-state index contributed by atoms with van der Waals surface area (Å²) in [6.45, 7) is 5.08. The average molecular weight is 309 g/mol. The Morgan fingerprint density at radius 1 is 1.43 bits per heavy atom. The molecule has 2 aromatic rings. The van der Waals surface area contributed by atoms with Crippen LogP contribution >= 0.6 is 11.6 Å². The summed E-state index contributed by atoms with van der Waals surface area (Å²) in [5.41, 5.74) is 3.29. The van der Waals surface area contributed by atoms with Crippen LogP contribution in [0.1, 0.15) is 31.2 Å². The normalized spacial score (nSPS) is 11.0. The van der Waals surface area contributed by atoms with Crippen LogP contribution in [-0.4, -0.2) is 28.0 Å². The molecule has 1 aromatic heterocycles. The third kappa shape index (κ3) is 3.97. The lowest BCUT2D eigenvalue weighted by molar-refractivity contribution is -0.143. The quantitative estimate of drug-likeness (QED) is 0.581. The first-order valence-electron chi connectivity index (χ1n) is 7.33. The number of esters is 1. The molecule has 4 nitrogen and oxygen atoms in total. The molecule has 2 rings (SSSR count). The number of alkyl halides is 1. The molecule has 0 saturated carbocycles. The van der Waals surface area contributed by atoms with Crippen LogP contribution in [0, 0.1) is 6.92 Å². The van der Waals surface area contributed by atoms with E-state index in [1.165, 1.54) is 5.56 Å². The van der Waals surface area contributed by atoms with Gasteiger partial charge < -0.3 is 9.30 Å². The Morgan fingerprint density at radius 3 is 2.95 bits per heavy atom. The molecule has 0 aliphatic rings. The molecule has 0 unspecified atom stereocenters. The van der Waals surface area contributed by atoms with Crippen molar-refractivity contribution in [1.29, 1.82) is 0 Å². The molecule has 0 bridgehead atoms. The Bertz CT molecular complexity index is 622. The molecular formula is C16H21ClN2O2.